The van der Waals surface area contributed by atoms with Crippen LogP contribution >= 0.6 is 27.5 Å². The Hall–Kier alpha value is -1.85. The largest absolute Gasteiger partial charge is 0.545 e. The van der Waals surface area contributed by atoms with Crippen LogP contribution in [0.2, 0.25) is 5.02 Å². The van der Waals surface area contributed by atoms with Gasteiger partial charge in [-0.2, -0.15) is 5.10 Å². The number of carboxylic acid groups (broad SMARTS) is 1. The van der Waals surface area contributed by atoms with Crippen molar-refractivity contribution in [3.63, 3.8) is 0 Å². The minimum Gasteiger partial charge on any atom is -0.545 e. The Morgan fingerprint density at radius 1 is 1.29 bits per heavy atom. The van der Waals surface area contributed by atoms with Crippen molar-refractivity contribution < 1.29 is 9.90 Å². The number of aromatic carboxylic acids is 1. The lowest BCUT2D eigenvalue weighted by Crippen LogP contribution is -2.22. The van der Waals surface area contributed by atoms with E-state index in [2.05, 4.69) is 26.5 Å². The second kappa shape index (κ2) is 6.74. The number of hydrogen-bond donors (Lipinski definition) is 1. The Balaban J connectivity index is 2.21. The summed E-state index contributed by atoms with van der Waals surface area (Å²) in [5.74, 6) is -1.32. The van der Waals surface area contributed by atoms with Gasteiger partial charge in [0, 0.05) is 15.1 Å². The fraction of sp³-hybridized carbons (Fsp3) is 0.0667. The first-order valence-corrected chi connectivity index (χ1v) is 7.21. The van der Waals surface area contributed by atoms with Crippen molar-refractivity contribution in [1.29, 1.82) is 0 Å². The third kappa shape index (κ3) is 4.06. The maximum atomic E-state index is 10.9. The van der Waals surface area contributed by atoms with E-state index in [0.29, 0.717) is 5.69 Å². The molecular formula is C15H11BrClN2O2-. The number of halogens is 2. The van der Waals surface area contributed by atoms with Gasteiger partial charge in [0.15, 0.2) is 0 Å². The van der Waals surface area contributed by atoms with Crippen LogP contribution in [-0.4, -0.2) is 11.7 Å². The van der Waals surface area contributed by atoms with Crippen molar-refractivity contribution in [1.82, 2.24) is 0 Å². The second-order valence-electron chi connectivity index (χ2n) is 4.30. The van der Waals surface area contributed by atoms with Gasteiger partial charge in [0.1, 0.15) is 0 Å². The summed E-state index contributed by atoms with van der Waals surface area (Å²) in [5, 5.41) is 15.3. The molecule has 0 radical (unpaired) electrons. The van der Waals surface area contributed by atoms with Gasteiger partial charge in [0.25, 0.3) is 0 Å². The molecule has 2 rings (SSSR count). The number of carbonyl (C=O) groups excluding carboxylic acids is 1. The quantitative estimate of drug-likeness (QED) is 0.667. The zero-order valence-electron chi connectivity index (χ0n) is 11.1. The standard InChI is InChI=1S/C15H12BrClN2O2/c1-9(10-3-2-4-11(16)7-10)18-19-12-5-6-14(17)13(8-12)15(20)21/h2-8,19H,1H3,(H,20,21)/p-1/b18-9-. The summed E-state index contributed by atoms with van der Waals surface area (Å²) < 4.78 is 0.959. The molecule has 1 N–H and O–H groups in total. The Labute approximate surface area is 135 Å². The predicted molar refractivity (Wildman–Crippen MR) is 85.8 cm³/mol. The van der Waals surface area contributed by atoms with Gasteiger partial charge >= 0.3 is 0 Å². The van der Waals surface area contributed by atoms with E-state index in [4.69, 9.17) is 11.6 Å². The molecule has 0 atom stereocenters. The molecule has 0 aliphatic heterocycles. The van der Waals surface area contributed by atoms with Crippen molar-refractivity contribution >= 4 is 44.9 Å². The maximum Gasteiger partial charge on any atom is 0.0731 e. The molecule has 0 saturated carbocycles. The van der Waals surface area contributed by atoms with Gasteiger partial charge < -0.3 is 9.90 Å². The predicted octanol–water partition coefficient (Wildman–Crippen LogP) is 3.30. The van der Waals surface area contributed by atoms with Gasteiger partial charge in [-0.05, 0) is 42.8 Å². The first kappa shape index (κ1) is 15.5. The van der Waals surface area contributed by atoms with E-state index in [9.17, 15) is 9.90 Å². The number of hydrazone groups is 1. The molecular weight excluding hydrogens is 356 g/mol. The lowest BCUT2D eigenvalue weighted by atomic mass is 10.1. The van der Waals surface area contributed by atoms with E-state index in [-0.39, 0.29) is 10.6 Å². The molecule has 0 fully saturated rings. The zero-order valence-corrected chi connectivity index (χ0v) is 13.4. The molecule has 108 valence electrons. The van der Waals surface area contributed by atoms with Gasteiger partial charge in [0.05, 0.1) is 17.4 Å². The van der Waals surface area contributed by atoms with Crippen LogP contribution in [-0.2, 0) is 0 Å². The van der Waals surface area contributed by atoms with Crippen LogP contribution in [0.5, 0.6) is 0 Å². The number of hydrogen-bond acceptors (Lipinski definition) is 4. The fourth-order valence-electron chi connectivity index (χ4n) is 1.68. The van der Waals surface area contributed by atoms with Crippen LogP contribution < -0.4 is 10.5 Å². The van der Waals surface area contributed by atoms with Gasteiger partial charge in [-0.15, -0.1) is 0 Å². The third-order valence-corrected chi connectivity index (χ3v) is 3.60. The highest BCUT2D eigenvalue weighted by Crippen LogP contribution is 2.20. The Kier molecular flexibility index (Phi) is 4.98. The molecule has 2 aromatic rings. The smallest absolute Gasteiger partial charge is 0.0731 e. The average Bonchev–Trinajstić information content (AvgIpc) is 2.45. The topological polar surface area (TPSA) is 64.5 Å². The summed E-state index contributed by atoms with van der Waals surface area (Å²) in [4.78, 5) is 10.9. The third-order valence-electron chi connectivity index (χ3n) is 2.78. The Morgan fingerprint density at radius 2 is 2.05 bits per heavy atom. The molecule has 4 nitrogen and oxygen atoms in total. The van der Waals surface area contributed by atoms with Crippen LogP contribution in [0.1, 0.15) is 22.8 Å². The lowest BCUT2D eigenvalue weighted by molar-refractivity contribution is -0.255. The van der Waals surface area contributed by atoms with Crippen LogP contribution in [0.3, 0.4) is 0 Å². The number of anilines is 1. The summed E-state index contributed by atoms with van der Waals surface area (Å²) in [6.07, 6.45) is 0. The Bertz CT molecular complexity index is 717. The first-order valence-electron chi connectivity index (χ1n) is 6.04. The van der Waals surface area contributed by atoms with Crippen LogP contribution in [0.15, 0.2) is 52.0 Å². The molecule has 0 bridgehead atoms. The fourth-order valence-corrected chi connectivity index (χ4v) is 2.27. The molecule has 6 heteroatoms. The number of benzene rings is 2. The summed E-state index contributed by atoms with van der Waals surface area (Å²) in [6, 6.07) is 12.2. The highest BCUT2D eigenvalue weighted by Gasteiger charge is 2.03. The Morgan fingerprint density at radius 3 is 2.71 bits per heavy atom. The highest BCUT2D eigenvalue weighted by atomic mass is 79.9. The molecule has 0 unspecified atom stereocenters. The summed E-state index contributed by atoms with van der Waals surface area (Å²) in [5.41, 5.74) is 4.97. The SMILES string of the molecule is C/C(=N/Nc1ccc(Cl)c(C(=O)[O-])c1)c1cccc(Br)c1. The molecule has 0 saturated heterocycles. The molecule has 0 heterocycles. The summed E-state index contributed by atoms with van der Waals surface area (Å²) in [7, 11) is 0. The van der Waals surface area contributed by atoms with E-state index < -0.39 is 5.97 Å². The molecule has 0 aliphatic rings. The van der Waals surface area contributed by atoms with Crippen molar-refractivity contribution in [2.24, 2.45) is 5.10 Å². The summed E-state index contributed by atoms with van der Waals surface area (Å²) in [6.45, 7) is 1.85. The minimum atomic E-state index is -1.32. The van der Waals surface area contributed by atoms with E-state index in [1.165, 1.54) is 12.1 Å². The molecule has 0 spiro atoms. The number of nitrogens with zero attached hydrogens (tertiary/aromatic N) is 1. The molecule has 0 amide bonds. The normalized spacial score (nSPS) is 11.3. The van der Waals surface area contributed by atoms with E-state index in [1.54, 1.807) is 6.07 Å². The molecule has 2 aromatic carbocycles. The minimum absolute atomic E-state index is 0.0722. The van der Waals surface area contributed by atoms with Crippen molar-refractivity contribution in [2.45, 2.75) is 6.92 Å². The van der Waals surface area contributed by atoms with Crippen molar-refractivity contribution in [3.8, 4) is 0 Å². The molecule has 0 aliphatic carbocycles. The van der Waals surface area contributed by atoms with Crippen LogP contribution in [0.25, 0.3) is 0 Å². The van der Waals surface area contributed by atoms with Crippen molar-refractivity contribution in [2.75, 3.05) is 5.43 Å². The van der Waals surface area contributed by atoms with E-state index >= 15 is 0 Å². The van der Waals surface area contributed by atoms with E-state index in [0.717, 1.165) is 15.7 Å². The van der Waals surface area contributed by atoms with Crippen molar-refractivity contribution in [3.05, 3.63) is 63.1 Å². The number of carboxylic acids is 1. The van der Waals surface area contributed by atoms with Crippen LogP contribution in [0.4, 0.5) is 5.69 Å². The summed E-state index contributed by atoms with van der Waals surface area (Å²) >= 11 is 9.18. The van der Waals surface area contributed by atoms with Gasteiger partial charge in [0.2, 0.25) is 0 Å². The highest BCUT2D eigenvalue weighted by molar-refractivity contribution is 9.10. The number of carbonyl (C=O) groups is 1. The number of rotatable bonds is 4. The first-order chi connectivity index (χ1) is 9.97. The number of nitrogens with one attached hydrogen (secondary N) is 1. The maximum absolute atomic E-state index is 10.9. The van der Waals surface area contributed by atoms with Crippen LogP contribution in [0, 0.1) is 0 Å². The lowest BCUT2D eigenvalue weighted by Gasteiger charge is -2.09. The van der Waals surface area contributed by atoms with Gasteiger partial charge in [-0.3, -0.25) is 5.43 Å². The monoisotopic (exact) mass is 365 g/mol. The van der Waals surface area contributed by atoms with Gasteiger partial charge in [-0.1, -0.05) is 39.7 Å². The zero-order chi connectivity index (χ0) is 15.4. The van der Waals surface area contributed by atoms with E-state index in [1.807, 2.05) is 31.2 Å². The van der Waals surface area contributed by atoms with Gasteiger partial charge in [-0.25, -0.2) is 0 Å². The molecule has 21 heavy (non-hydrogen) atoms. The second-order valence-corrected chi connectivity index (χ2v) is 5.62. The average molecular weight is 367 g/mol. The molecule has 0 aromatic heterocycles.